The molecule has 0 saturated carbocycles. The molecule has 0 amide bonds. The van der Waals surface area contributed by atoms with Crippen molar-refractivity contribution in [2.75, 3.05) is 18.0 Å². The number of benzene rings is 1. The number of rotatable bonds is 3. The highest BCUT2D eigenvalue weighted by Crippen LogP contribution is 2.25. The van der Waals surface area contributed by atoms with Crippen molar-refractivity contribution in [3.05, 3.63) is 52.3 Å². The van der Waals surface area contributed by atoms with Gasteiger partial charge >= 0.3 is 0 Å². The second-order valence-electron chi connectivity index (χ2n) is 5.62. The van der Waals surface area contributed by atoms with Crippen LogP contribution in [-0.2, 0) is 6.42 Å². The van der Waals surface area contributed by atoms with E-state index in [4.69, 9.17) is 5.73 Å². The molecule has 0 bridgehead atoms. The van der Waals surface area contributed by atoms with Crippen LogP contribution in [0.2, 0.25) is 0 Å². The first kappa shape index (κ1) is 13.9. The van der Waals surface area contributed by atoms with Crippen LogP contribution in [0.5, 0.6) is 0 Å². The van der Waals surface area contributed by atoms with Gasteiger partial charge in [-0.2, -0.15) is 0 Å². The Morgan fingerprint density at radius 3 is 2.62 bits per heavy atom. The second-order valence-corrected chi connectivity index (χ2v) is 5.62. The summed E-state index contributed by atoms with van der Waals surface area (Å²) in [6, 6.07) is 12.1. The standard InChI is InChI=1S/C17H21N3O/c1-2-12-5-8-16(21)19-17(12)13-3-6-15(7-4-13)20-10-9-14(18)11-20/h3-8,14H,2,9-11,18H2,1H3,(H,19,21). The van der Waals surface area contributed by atoms with E-state index in [1.54, 1.807) is 6.07 Å². The van der Waals surface area contributed by atoms with Crippen LogP contribution in [-0.4, -0.2) is 24.1 Å². The van der Waals surface area contributed by atoms with Crippen molar-refractivity contribution in [3.8, 4) is 11.3 Å². The Morgan fingerprint density at radius 2 is 2.00 bits per heavy atom. The third kappa shape index (κ3) is 2.85. The summed E-state index contributed by atoms with van der Waals surface area (Å²) in [5.41, 5.74) is 10.2. The molecule has 1 aromatic carbocycles. The molecular formula is C17H21N3O. The van der Waals surface area contributed by atoms with Gasteiger partial charge in [0, 0.05) is 30.9 Å². The molecule has 3 N–H and O–H groups in total. The lowest BCUT2D eigenvalue weighted by atomic mass is 10.0. The molecule has 0 radical (unpaired) electrons. The molecule has 1 fully saturated rings. The molecule has 1 atom stereocenters. The summed E-state index contributed by atoms with van der Waals surface area (Å²) in [5, 5.41) is 0. The highest BCUT2D eigenvalue weighted by Gasteiger charge is 2.19. The van der Waals surface area contributed by atoms with Crippen molar-refractivity contribution in [2.45, 2.75) is 25.8 Å². The van der Waals surface area contributed by atoms with Crippen LogP contribution in [0.15, 0.2) is 41.2 Å². The first-order valence-electron chi connectivity index (χ1n) is 7.50. The Kier molecular flexibility index (Phi) is 3.80. The number of H-pyrrole nitrogens is 1. The number of aromatic amines is 1. The molecule has 3 rings (SSSR count). The number of aromatic nitrogens is 1. The zero-order chi connectivity index (χ0) is 14.8. The Labute approximate surface area is 124 Å². The molecule has 110 valence electrons. The number of nitrogens with one attached hydrogen (secondary N) is 1. The number of aryl methyl sites for hydroxylation is 1. The smallest absolute Gasteiger partial charge is 0.248 e. The van der Waals surface area contributed by atoms with Gasteiger partial charge in [-0.1, -0.05) is 25.1 Å². The van der Waals surface area contributed by atoms with Crippen LogP contribution in [0.1, 0.15) is 18.9 Å². The van der Waals surface area contributed by atoms with Crippen LogP contribution in [0, 0.1) is 0 Å². The van der Waals surface area contributed by atoms with E-state index in [9.17, 15) is 4.79 Å². The van der Waals surface area contributed by atoms with Gasteiger partial charge < -0.3 is 15.6 Å². The monoisotopic (exact) mass is 283 g/mol. The lowest BCUT2D eigenvalue weighted by Crippen LogP contribution is -2.26. The van der Waals surface area contributed by atoms with Gasteiger partial charge in [0.05, 0.1) is 5.69 Å². The van der Waals surface area contributed by atoms with E-state index in [1.807, 2.05) is 6.07 Å². The number of hydrogen-bond donors (Lipinski definition) is 2. The third-order valence-corrected chi connectivity index (χ3v) is 4.13. The van der Waals surface area contributed by atoms with E-state index >= 15 is 0 Å². The summed E-state index contributed by atoms with van der Waals surface area (Å²) in [6.45, 7) is 4.03. The van der Waals surface area contributed by atoms with Gasteiger partial charge in [-0.25, -0.2) is 0 Å². The van der Waals surface area contributed by atoms with E-state index in [1.165, 1.54) is 5.69 Å². The molecule has 1 unspecified atom stereocenters. The maximum Gasteiger partial charge on any atom is 0.248 e. The van der Waals surface area contributed by atoms with Crippen LogP contribution >= 0.6 is 0 Å². The highest BCUT2D eigenvalue weighted by atomic mass is 16.1. The molecule has 4 heteroatoms. The average molecular weight is 283 g/mol. The molecule has 2 aromatic rings. The minimum atomic E-state index is -0.0585. The summed E-state index contributed by atoms with van der Waals surface area (Å²) < 4.78 is 0. The van der Waals surface area contributed by atoms with Crippen molar-refractivity contribution in [3.63, 3.8) is 0 Å². The predicted octanol–water partition coefficient (Wildman–Crippen LogP) is 2.14. The van der Waals surface area contributed by atoms with Gasteiger partial charge in [0.15, 0.2) is 0 Å². The third-order valence-electron chi connectivity index (χ3n) is 4.13. The van der Waals surface area contributed by atoms with Gasteiger partial charge in [0.25, 0.3) is 0 Å². The molecule has 1 saturated heterocycles. The Morgan fingerprint density at radius 1 is 1.24 bits per heavy atom. The van der Waals surface area contributed by atoms with Gasteiger partial charge in [-0.15, -0.1) is 0 Å². The molecular weight excluding hydrogens is 262 g/mol. The van der Waals surface area contributed by atoms with E-state index < -0.39 is 0 Å². The number of hydrogen-bond acceptors (Lipinski definition) is 3. The predicted molar refractivity (Wildman–Crippen MR) is 86.7 cm³/mol. The fraction of sp³-hybridized carbons (Fsp3) is 0.353. The second kappa shape index (κ2) is 5.74. The molecule has 1 aliphatic rings. The normalized spacial score (nSPS) is 18.2. The first-order valence-corrected chi connectivity index (χ1v) is 7.50. The van der Waals surface area contributed by atoms with E-state index in [-0.39, 0.29) is 11.6 Å². The van der Waals surface area contributed by atoms with E-state index in [0.717, 1.165) is 42.8 Å². The summed E-state index contributed by atoms with van der Waals surface area (Å²) in [4.78, 5) is 16.8. The van der Waals surface area contributed by atoms with Crippen molar-refractivity contribution in [2.24, 2.45) is 5.73 Å². The molecule has 1 aromatic heterocycles. The maximum absolute atomic E-state index is 11.6. The number of nitrogens with zero attached hydrogens (tertiary/aromatic N) is 1. The molecule has 4 nitrogen and oxygen atoms in total. The Hall–Kier alpha value is -2.07. The van der Waals surface area contributed by atoms with Gasteiger partial charge in [-0.3, -0.25) is 4.79 Å². The van der Waals surface area contributed by atoms with Crippen LogP contribution in [0.25, 0.3) is 11.3 Å². The quantitative estimate of drug-likeness (QED) is 0.907. The zero-order valence-electron chi connectivity index (χ0n) is 12.3. The zero-order valence-corrected chi connectivity index (χ0v) is 12.3. The highest BCUT2D eigenvalue weighted by molar-refractivity contribution is 5.66. The topological polar surface area (TPSA) is 62.1 Å². The summed E-state index contributed by atoms with van der Waals surface area (Å²) in [6.07, 6.45) is 1.95. The summed E-state index contributed by atoms with van der Waals surface area (Å²) in [7, 11) is 0. The number of nitrogens with two attached hydrogens (primary N) is 1. The van der Waals surface area contributed by atoms with E-state index in [2.05, 4.69) is 41.1 Å². The lowest BCUT2D eigenvalue weighted by molar-refractivity contribution is 0.752. The minimum Gasteiger partial charge on any atom is -0.370 e. The molecule has 2 heterocycles. The Balaban J connectivity index is 1.91. The molecule has 0 aliphatic carbocycles. The largest absolute Gasteiger partial charge is 0.370 e. The van der Waals surface area contributed by atoms with Gasteiger partial charge in [0.2, 0.25) is 5.56 Å². The first-order chi connectivity index (χ1) is 10.2. The molecule has 0 spiro atoms. The number of pyridine rings is 1. The molecule has 21 heavy (non-hydrogen) atoms. The van der Waals surface area contributed by atoms with Gasteiger partial charge in [-0.05, 0) is 36.1 Å². The Bertz CT molecular complexity index is 675. The van der Waals surface area contributed by atoms with Crippen LogP contribution in [0.4, 0.5) is 5.69 Å². The van der Waals surface area contributed by atoms with Crippen molar-refractivity contribution in [1.82, 2.24) is 4.98 Å². The van der Waals surface area contributed by atoms with Gasteiger partial charge in [0.1, 0.15) is 0 Å². The van der Waals surface area contributed by atoms with Crippen molar-refractivity contribution >= 4 is 5.69 Å². The fourth-order valence-electron chi connectivity index (χ4n) is 2.92. The lowest BCUT2D eigenvalue weighted by Gasteiger charge is -2.18. The molecule has 1 aliphatic heterocycles. The average Bonchev–Trinajstić information content (AvgIpc) is 2.94. The fourth-order valence-corrected chi connectivity index (χ4v) is 2.92. The SMILES string of the molecule is CCc1ccc(=O)[nH]c1-c1ccc(N2CCC(N)C2)cc1. The summed E-state index contributed by atoms with van der Waals surface area (Å²) in [5.74, 6) is 0. The maximum atomic E-state index is 11.6. The van der Waals surface area contributed by atoms with Crippen molar-refractivity contribution in [1.29, 1.82) is 0 Å². The van der Waals surface area contributed by atoms with Crippen LogP contribution in [0.3, 0.4) is 0 Å². The van der Waals surface area contributed by atoms with Crippen molar-refractivity contribution < 1.29 is 0 Å². The minimum absolute atomic E-state index is 0.0585. The van der Waals surface area contributed by atoms with Crippen LogP contribution < -0.4 is 16.2 Å². The number of anilines is 1. The summed E-state index contributed by atoms with van der Waals surface area (Å²) >= 11 is 0. The van der Waals surface area contributed by atoms with E-state index in [0.29, 0.717) is 0 Å².